The van der Waals surface area contributed by atoms with Crippen LogP contribution in [-0.4, -0.2) is 58.8 Å². The monoisotopic (exact) mass is 634 g/mol. The van der Waals surface area contributed by atoms with Crippen molar-refractivity contribution in [3.05, 3.63) is 48.6 Å². The van der Waals surface area contributed by atoms with Crippen molar-refractivity contribution in [2.24, 2.45) is 5.92 Å². The number of carbonyl (C=O) groups is 2. The number of esters is 2. The van der Waals surface area contributed by atoms with Gasteiger partial charge < -0.3 is 24.8 Å². The fraction of sp³-hybridized carbons (Fsp3) is 0.737. The molecule has 0 aliphatic heterocycles. The zero-order chi connectivity index (χ0) is 33.4. The molecule has 0 spiro atoms. The summed E-state index contributed by atoms with van der Waals surface area (Å²) in [6.07, 6.45) is 30.9. The maximum atomic E-state index is 11.9. The maximum absolute atomic E-state index is 11.9. The van der Waals surface area contributed by atoms with Crippen LogP contribution in [0.4, 0.5) is 0 Å². The molecule has 3 N–H and O–H groups in total. The first-order valence-corrected chi connectivity index (χ1v) is 17.8. The van der Waals surface area contributed by atoms with E-state index in [0.717, 1.165) is 31.6 Å². The fourth-order valence-corrected chi connectivity index (χ4v) is 4.64. The molecule has 45 heavy (non-hydrogen) atoms. The molecule has 0 radical (unpaired) electrons. The van der Waals surface area contributed by atoms with Gasteiger partial charge in [-0.1, -0.05) is 140 Å². The van der Waals surface area contributed by atoms with Gasteiger partial charge >= 0.3 is 11.9 Å². The molecule has 0 saturated carbocycles. The third-order valence-corrected chi connectivity index (χ3v) is 7.44. The normalized spacial score (nSPS) is 14.3. The Bertz CT molecular complexity index is 815. The number of hydrogen-bond donors (Lipinski definition) is 3. The number of ether oxygens (including phenoxy) is 2. The molecule has 0 fully saturated rings. The van der Waals surface area contributed by atoms with E-state index in [1.165, 1.54) is 64.2 Å². The molecule has 0 aliphatic rings. The Kier molecular flexibility index (Phi) is 30.2. The summed E-state index contributed by atoms with van der Waals surface area (Å²) in [4.78, 5) is 23.8. The number of hydrogen-bond acceptors (Lipinski definition) is 7. The zero-order valence-corrected chi connectivity index (χ0v) is 28.8. The number of allylic oxidation sites excluding steroid dienone is 5. The molecular formula is C38H66O7. The van der Waals surface area contributed by atoms with E-state index < -0.39 is 24.3 Å². The summed E-state index contributed by atoms with van der Waals surface area (Å²) in [5.74, 6) is 0.0000132. The predicted molar refractivity (Wildman–Crippen MR) is 185 cm³/mol. The minimum atomic E-state index is -1.05. The van der Waals surface area contributed by atoms with Crippen LogP contribution in [0.15, 0.2) is 48.6 Å². The molecule has 0 aliphatic carbocycles. The molecule has 0 aromatic heterocycles. The molecular weight excluding hydrogens is 568 g/mol. The molecule has 0 aromatic rings. The second-order valence-electron chi connectivity index (χ2n) is 12.5. The van der Waals surface area contributed by atoms with Gasteiger partial charge in [-0.05, 0) is 44.4 Å². The maximum Gasteiger partial charge on any atom is 0.305 e. The van der Waals surface area contributed by atoms with Crippen molar-refractivity contribution >= 4 is 11.9 Å². The van der Waals surface area contributed by atoms with E-state index >= 15 is 0 Å². The van der Waals surface area contributed by atoms with Crippen LogP contribution in [0.5, 0.6) is 0 Å². The molecule has 0 bridgehead atoms. The molecule has 3 atom stereocenters. The van der Waals surface area contributed by atoms with Crippen molar-refractivity contribution in [2.75, 3.05) is 13.2 Å². The van der Waals surface area contributed by atoms with Crippen LogP contribution >= 0.6 is 0 Å². The minimum absolute atomic E-state index is 0.124. The van der Waals surface area contributed by atoms with Gasteiger partial charge in [0.25, 0.3) is 0 Å². The lowest BCUT2D eigenvalue weighted by Gasteiger charge is -2.12. The predicted octanol–water partition coefficient (Wildman–Crippen LogP) is 8.47. The van der Waals surface area contributed by atoms with Crippen LogP contribution in [0, 0.1) is 5.92 Å². The summed E-state index contributed by atoms with van der Waals surface area (Å²) in [5.41, 5.74) is 0. The second-order valence-corrected chi connectivity index (χ2v) is 12.5. The lowest BCUT2D eigenvalue weighted by atomic mass is 10.0. The van der Waals surface area contributed by atoms with Gasteiger partial charge in [-0.15, -0.1) is 0 Å². The summed E-state index contributed by atoms with van der Waals surface area (Å²) in [6.45, 7) is 6.31. The molecule has 260 valence electrons. The van der Waals surface area contributed by atoms with Gasteiger partial charge in [0.1, 0.15) is 19.3 Å². The lowest BCUT2D eigenvalue weighted by Crippen LogP contribution is -2.25. The highest BCUT2D eigenvalue weighted by molar-refractivity contribution is 5.69. The van der Waals surface area contributed by atoms with Crippen molar-refractivity contribution in [1.29, 1.82) is 0 Å². The topological polar surface area (TPSA) is 113 Å². The Morgan fingerprint density at radius 2 is 1.13 bits per heavy atom. The Hall–Kier alpha value is -2.22. The summed E-state index contributed by atoms with van der Waals surface area (Å²) in [5, 5.41) is 30.0. The first-order chi connectivity index (χ1) is 21.7. The van der Waals surface area contributed by atoms with E-state index in [2.05, 4.69) is 26.8 Å². The van der Waals surface area contributed by atoms with Gasteiger partial charge in [-0.3, -0.25) is 9.59 Å². The van der Waals surface area contributed by atoms with E-state index in [1.54, 1.807) is 36.5 Å². The van der Waals surface area contributed by atoms with E-state index in [4.69, 9.17) is 9.47 Å². The van der Waals surface area contributed by atoms with Crippen molar-refractivity contribution in [2.45, 2.75) is 161 Å². The van der Waals surface area contributed by atoms with Crippen molar-refractivity contribution in [3.63, 3.8) is 0 Å². The number of carbonyl (C=O) groups excluding carboxylic acids is 2. The molecule has 0 amide bonds. The molecule has 7 heteroatoms. The molecule has 0 aromatic carbocycles. The van der Waals surface area contributed by atoms with Crippen LogP contribution in [0.25, 0.3) is 0 Å². The average Bonchev–Trinajstić information content (AvgIpc) is 3.01. The SMILES string of the molecule is CCCCC/C=C\C[C@@H](O)/C=C/C=C/C=C\[C@@H](O)CCCC(=O)OC[C@H](O)COC(=O)CCCCCCCCCCCC(C)C. The Labute approximate surface area is 274 Å². The first-order valence-electron chi connectivity index (χ1n) is 17.8. The Morgan fingerprint density at radius 3 is 1.71 bits per heavy atom. The quantitative estimate of drug-likeness (QED) is 0.0314. The highest BCUT2D eigenvalue weighted by Gasteiger charge is 2.12. The van der Waals surface area contributed by atoms with Gasteiger partial charge in [-0.25, -0.2) is 0 Å². The molecule has 7 nitrogen and oxygen atoms in total. The zero-order valence-electron chi connectivity index (χ0n) is 28.8. The largest absolute Gasteiger partial charge is 0.463 e. The lowest BCUT2D eigenvalue weighted by molar-refractivity contribution is -0.152. The number of aliphatic hydroxyl groups excluding tert-OH is 3. The van der Waals surface area contributed by atoms with Crippen LogP contribution in [0.1, 0.15) is 143 Å². The number of aliphatic hydroxyl groups is 3. The van der Waals surface area contributed by atoms with Crippen LogP contribution in [-0.2, 0) is 19.1 Å². The standard InChI is InChI=1S/C38H66O7/c1-4-5-6-7-14-19-25-34(39)26-20-16-17-21-27-35(40)28-23-30-38(43)45-32-36(41)31-44-37(42)29-22-15-12-10-8-9-11-13-18-24-33(2)3/h14,16-17,19-21,26-27,33-36,39-41H,4-13,15,18,22-25,28-32H2,1-3H3/b17-16+,19-14-,26-20+,27-21-/t34-,35-,36-/m1/s1. The number of rotatable bonds is 30. The Balaban J connectivity index is 3.76. The van der Waals surface area contributed by atoms with Gasteiger partial charge in [0.15, 0.2) is 0 Å². The van der Waals surface area contributed by atoms with Gasteiger partial charge in [-0.2, -0.15) is 0 Å². The Morgan fingerprint density at radius 1 is 0.600 bits per heavy atom. The fourth-order valence-electron chi connectivity index (χ4n) is 4.64. The molecule has 0 unspecified atom stereocenters. The van der Waals surface area contributed by atoms with Crippen molar-refractivity contribution in [1.82, 2.24) is 0 Å². The van der Waals surface area contributed by atoms with Crippen LogP contribution in [0.3, 0.4) is 0 Å². The van der Waals surface area contributed by atoms with E-state index in [9.17, 15) is 24.9 Å². The van der Waals surface area contributed by atoms with Crippen LogP contribution in [0.2, 0.25) is 0 Å². The first kappa shape index (κ1) is 42.8. The molecule has 0 saturated heterocycles. The highest BCUT2D eigenvalue weighted by atomic mass is 16.6. The van der Waals surface area contributed by atoms with Gasteiger partial charge in [0.05, 0.1) is 12.2 Å². The highest BCUT2D eigenvalue weighted by Crippen LogP contribution is 2.14. The van der Waals surface area contributed by atoms with Gasteiger partial charge in [0, 0.05) is 12.8 Å². The minimum Gasteiger partial charge on any atom is -0.463 e. The van der Waals surface area contributed by atoms with E-state index in [0.29, 0.717) is 25.7 Å². The third kappa shape index (κ3) is 33.0. The summed E-state index contributed by atoms with van der Waals surface area (Å²) in [6, 6.07) is 0. The van der Waals surface area contributed by atoms with Crippen molar-refractivity contribution in [3.8, 4) is 0 Å². The second kappa shape index (κ2) is 31.7. The van der Waals surface area contributed by atoms with E-state index in [-0.39, 0.29) is 25.6 Å². The van der Waals surface area contributed by atoms with Crippen LogP contribution < -0.4 is 0 Å². The molecule has 0 heterocycles. The summed E-state index contributed by atoms with van der Waals surface area (Å²) in [7, 11) is 0. The third-order valence-electron chi connectivity index (χ3n) is 7.44. The van der Waals surface area contributed by atoms with E-state index in [1.807, 2.05) is 6.08 Å². The van der Waals surface area contributed by atoms with Gasteiger partial charge in [0.2, 0.25) is 0 Å². The number of unbranched alkanes of at least 4 members (excludes halogenated alkanes) is 11. The summed E-state index contributed by atoms with van der Waals surface area (Å²) >= 11 is 0. The average molecular weight is 635 g/mol. The smallest absolute Gasteiger partial charge is 0.305 e. The molecule has 0 rings (SSSR count). The summed E-state index contributed by atoms with van der Waals surface area (Å²) < 4.78 is 10.2. The van der Waals surface area contributed by atoms with Crippen molar-refractivity contribution < 1.29 is 34.4 Å².